The lowest BCUT2D eigenvalue weighted by Crippen LogP contribution is -2.33. The summed E-state index contributed by atoms with van der Waals surface area (Å²) in [6.45, 7) is 4.24. The average Bonchev–Trinajstić information content (AvgIpc) is 2.98. The molecule has 1 aliphatic rings. The predicted molar refractivity (Wildman–Crippen MR) is 113 cm³/mol. The van der Waals surface area contributed by atoms with Gasteiger partial charge in [0.15, 0.2) is 0 Å². The van der Waals surface area contributed by atoms with Crippen LogP contribution in [0.2, 0.25) is 0 Å². The number of anilines is 1. The first-order chi connectivity index (χ1) is 13.2. The Morgan fingerprint density at radius 1 is 0.926 bits per heavy atom. The van der Waals surface area contributed by atoms with Crippen molar-refractivity contribution in [1.29, 1.82) is 0 Å². The van der Waals surface area contributed by atoms with Gasteiger partial charge in [0.25, 0.3) is 0 Å². The second-order valence-corrected chi connectivity index (χ2v) is 7.46. The molecule has 1 aromatic heterocycles. The van der Waals surface area contributed by atoms with Gasteiger partial charge in [-0.2, -0.15) is 0 Å². The Balaban J connectivity index is 1.76. The van der Waals surface area contributed by atoms with Crippen molar-refractivity contribution in [3.8, 4) is 0 Å². The minimum Gasteiger partial charge on any atom is -0.378 e. The van der Waals surface area contributed by atoms with Crippen molar-refractivity contribution in [2.45, 2.75) is 12.5 Å². The number of rotatable bonds is 4. The van der Waals surface area contributed by atoms with Crippen molar-refractivity contribution >= 4 is 16.6 Å². The SMILES string of the molecule is CN(C)c1ccc(C(c2ccc3ccccc3n2)N2CCCNCC2)cc1. The average molecular weight is 361 g/mol. The van der Waals surface area contributed by atoms with Gasteiger partial charge in [0, 0.05) is 44.8 Å². The van der Waals surface area contributed by atoms with Gasteiger partial charge < -0.3 is 10.2 Å². The number of hydrogen-bond acceptors (Lipinski definition) is 4. The molecule has 1 N–H and O–H groups in total. The van der Waals surface area contributed by atoms with E-state index in [0.717, 1.165) is 37.4 Å². The van der Waals surface area contributed by atoms with E-state index in [1.807, 2.05) is 0 Å². The third-order valence-corrected chi connectivity index (χ3v) is 5.37. The fraction of sp³-hybridized carbons (Fsp3) is 0.348. The molecule has 1 aliphatic heterocycles. The molecule has 4 rings (SSSR count). The van der Waals surface area contributed by atoms with Gasteiger partial charge >= 0.3 is 0 Å². The third kappa shape index (κ3) is 3.97. The quantitative estimate of drug-likeness (QED) is 0.769. The number of nitrogens with zero attached hydrogens (tertiary/aromatic N) is 3. The number of benzene rings is 2. The van der Waals surface area contributed by atoms with Crippen molar-refractivity contribution < 1.29 is 0 Å². The highest BCUT2D eigenvalue weighted by Crippen LogP contribution is 2.30. The van der Waals surface area contributed by atoms with Crippen molar-refractivity contribution in [1.82, 2.24) is 15.2 Å². The van der Waals surface area contributed by atoms with Gasteiger partial charge in [-0.15, -0.1) is 0 Å². The first kappa shape index (κ1) is 18.0. The lowest BCUT2D eigenvalue weighted by Gasteiger charge is -2.31. The van der Waals surface area contributed by atoms with Crippen LogP contribution in [0.1, 0.15) is 23.7 Å². The lowest BCUT2D eigenvalue weighted by molar-refractivity contribution is 0.237. The maximum Gasteiger partial charge on any atom is 0.0777 e. The van der Waals surface area contributed by atoms with Crippen LogP contribution in [0.15, 0.2) is 60.7 Å². The maximum absolute atomic E-state index is 5.04. The zero-order chi connectivity index (χ0) is 18.6. The molecule has 3 aromatic rings. The van der Waals surface area contributed by atoms with Crippen LogP contribution in [-0.4, -0.2) is 50.2 Å². The summed E-state index contributed by atoms with van der Waals surface area (Å²) < 4.78 is 0. The summed E-state index contributed by atoms with van der Waals surface area (Å²) in [4.78, 5) is 9.76. The summed E-state index contributed by atoms with van der Waals surface area (Å²) >= 11 is 0. The van der Waals surface area contributed by atoms with E-state index in [9.17, 15) is 0 Å². The summed E-state index contributed by atoms with van der Waals surface area (Å²) in [6, 6.07) is 21.9. The molecule has 4 heteroatoms. The van der Waals surface area contributed by atoms with E-state index < -0.39 is 0 Å². The van der Waals surface area contributed by atoms with Crippen LogP contribution in [-0.2, 0) is 0 Å². The highest BCUT2D eigenvalue weighted by molar-refractivity contribution is 5.78. The molecular formula is C23H28N4. The summed E-state index contributed by atoms with van der Waals surface area (Å²) in [7, 11) is 4.16. The van der Waals surface area contributed by atoms with E-state index >= 15 is 0 Å². The van der Waals surface area contributed by atoms with E-state index in [0.29, 0.717) is 0 Å². The first-order valence-corrected chi connectivity index (χ1v) is 9.80. The van der Waals surface area contributed by atoms with E-state index in [1.165, 1.54) is 23.1 Å². The smallest absolute Gasteiger partial charge is 0.0777 e. The van der Waals surface area contributed by atoms with Crippen LogP contribution in [0.25, 0.3) is 10.9 Å². The Bertz CT molecular complexity index is 880. The fourth-order valence-electron chi connectivity index (χ4n) is 3.88. The van der Waals surface area contributed by atoms with Crippen molar-refractivity contribution in [3.63, 3.8) is 0 Å². The number of nitrogens with one attached hydrogen (secondary N) is 1. The van der Waals surface area contributed by atoms with E-state index in [-0.39, 0.29) is 6.04 Å². The maximum atomic E-state index is 5.04. The zero-order valence-corrected chi connectivity index (χ0v) is 16.2. The van der Waals surface area contributed by atoms with Crippen LogP contribution in [0.3, 0.4) is 0 Å². The van der Waals surface area contributed by atoms with Gasteiger partial charge in [-0.05, 0) is 42.8 Å². The number of fused-ring (bicyclic) bond motifs is 1. The minimum absolute atomic E-state index is 0.186. The largest absolute Gasteiger partial charge is 0.378 e. The number of aromatic nitrogens is 1. The summed E-state index contributed by atoms with van der Waals surface area (Å²) in [5, 5.41) is 4.71. The third-order valence-electron chi connectivity index (χ3n) is 5.37. The van der Waals surface area contributed by atoms with Gasteiger partial charge in [-0.25, -0.2) is 0 Å². The Kier molecular flexibility index (Phi) is 5.37. The molecule has 0 amide bonds. The van der Waals surface area contributed by atoms with E-state index in [2.05, 4.69) is 89.9 Å². The first-order valence-electron chi connectivity index (χ1n) is 9.80. The van der Waals surface area contributed by atoms with Crippen molar-refractivity contribution in [3.05, 3.63) is 71.9 Å². The zero-order valence-electron chi connectivity index (χ0n) is 16.2. The molecule has 27 heavy (non-hydrogen) atoms. The Morgan fingerprint density at radius 2 is 1.74 bits per heavy atom. The van der Waals surface area contributed by atoms with Crippen LogP contribution in [0.5, 0.6) is 0 Å². The van der Waals surface area contributed by atoms with Gasteiger partial charge in [-0.3, -0.25) is 9.88 Å². The molecule has 0 spiro atoms. The molecule has 140 valence electrons. The molecule has 1 fully saturated rings. The van der Waals surface area contributed by atoms with E-state index in [4.69, 9.17) is 4.98 Å². The Labute approximate surface area is 161 Å². The summed E-state index contributed by atoms with van der Waals surface area (Å²) in [5.74, 6) is 0. The lowest BCUT2D eigenvalue weighted by atomic mass is 9.99. The second-order valence-electron chi connectivity index (χ2n) is 7.46. The summed E-state index contributed by atoms with van der Waals surface area (Å²) in [6.07, 6.45) is 1.17. The second kappa shape index (κ2) is 8.07. The number of para-hydroxylation sites is 1. The Morgan fingerprint density at radius 3 is 2.56 bits per heavy atom. The summed E-state index contributed by atoms with van der Waals surface area (Å²) in [5.41, 5.74) is 4.73. The fourth-order valence-corrected chi connectivity index (χ4v) is 3.88. The molecule has 0 saturated carbocycles. The minimum atomic E-state index is 0.186. The molecule has 4 nitrogen and oxygen atoms in total. The van der Waals surface area contributed by atoms with Gasteiger partial charge in [0.1, 0.15) is 0 Å². The van der Waals surface area contributed by atoms with Crippen molar-refractivity contribution in [2.75, 3.05) is 45.2 Å². The van der Waals surface area contributed by atoms with Gasteiger partial charge in [-0.1, -0.05) is 36.4 Å². The normalized spacial score (nSPS) is 16.8. The van der Waals surface area contributed by atoms with Crippen LogP contribution in [0.4, 0.5) is 5.69 Å². The molecule has 0 bridgehead atoms. The Hall–Kier alpha value is -2.43. The van der Waals surface area contributed by atoms with Gasteiger partial charge in [0.05, 0.1) is 17.3 Å². The highest BCUT2D eigenvalue weighted by atomic mass is 15.2. The molecule has 1 atom stereocenters. The molecular weight excluding hydrogens is 332 g/mol. The number of pyridine rings is 1. The van der Waals surface area contributed by atoms with Gasteiger partial charge in [0.2, 0.25) is 0 Å². The van der Waals surface area contributed by atoms with Crippen molar-refractivity contribution in [2.24, 2.45) is 0 Å². The standard InChI is InChI=1S/C23H28N4/c1-26(2)20-11-8-19(9-12-20)23(27-16-5-14-24-15-17-27)22-13-10-18-6-3-4-7-21(18)25-22/h3-4,6-13,23-24H,5,14-17H2,1-2H3. The van der Waals surface area contributed by atoms with Crippen LogP contribution in [0, 0.1) is 0 Å². The highest BCUT2D eigenvalue weighted by Gasteiger charge is 2.24. The molecule has 2 heterocycles. The predicted octanol–water partition coefficient (Wildman–Crippen LogP) is 3.69. The molecule has 2 aromatic carbocycles. The molecule has 1 unspecified atom stereocenters. The van der Waals surface area contributed by atoms with E-state index in [1.54, 1.807) is 0 Å². The number of hydrogen-bond donors (Lipinski definition) is 1. The molecule has 0 radical (unpaired) electrons. The van der Waals surface area contributed by atoms with Crippen LogP contribution >= 0.6 is 0 Å². The monoisotopic (exact) mass is 360 g/mol. The molecule has 0 aliphatic carbocycles. The topological polar surface area (TPSA) is 31.4 Å². The molecule has 1 saturated heterocycles. The van der Waals surface area contributed by atoms with Crippen LogP contribution < -0.4 is 10.2 Å².